The van der Waals surface area contributed by atoms with Crippen LogP contribution in [0, 0.1) is 92.7 Å². The van der Waals surface area contributed by atoms with E-state index in [-0.39, 0.29) is 92.0 Å². The van der Waals surface area contributed by atoms with E-state index in [2.05, 4.69) is 83.1 Å². The van der Waals surface area contributed by atoms with Gasteiger partial charge in [-0.3, -0.25) is 0 Å². The molecule has 0 unspecified atom stereocenters. The summed E-state index contributed by atoms with van der Waals surface area (Å²) in [6.45, 7) is 28.3. The molecule has 1 aromatic rings. The molecule has 82 heavy (non-hydrogen) atoms. The van der Waals surface area contributed by atoms with Gasteiger partial charge >= 0.3 is 23.9 Å². The number of hydrogen-bond acceptors (Lipinski definition) is 8. The summed E-state index contributed by atoms with van der Waals surface area (Å²) in [6.07, 6.45) is 34.1. The molecule has 8 saturated carbocycles. The van der Waals surface area contributed by atoms with Crippen molar-refractivity contribution in [2.24, 2.45) is 92.7 Å². The summed E-state index contributed by atoms with van der Waals surface area (Å²) in [6, 6.07) is 3.05. The van der Waals surface area contributed by atoms with E-state index in [1.807, 2.05) is 0 Å². The Morgan fingerprint density at radius 2 is 0.476 bits per heavy atom. The molecule has 8 fully saturated rings. The van der Waals surface area contributed by atoms with Crippen LogP contribution in [-0.2, 0) is 18.9 Å². The van der Waals surface area contributed by atoms with Gasteiger partial charge in [-0.1, -0.05) is 186 Å². The van der Waals surface area contributed by atoms with E-state index in [0.717, 1.165) is 77.0 Å². The summed E-state index contributed by atoms with van der Waals surface area (Å²) >= 11 is 0. The highest BCUT2D eigenvalue weighted by atomic mass is 16.6. The molecule has 0 radical (unpaired) electrons. The fourth-order valence-electron chi connectivity index (χ4n) is 19.9. The van der Waals surface area contributed by atoms with Gasteiger partial charge < -0.3 is 18.9 Å². The van der Waals surface area contributed by atoms with Crippen LogP contribution in [0.25, 0.3) is 0 Å². The highest BCUT2D eigenvalue weighted by molar-refractivity contribution is 6.10. The highest BCUT2D eigenvalue weighted by Crippen LogP contribution is 2.55. The number of rotatable bonds is 16. The van der Waals surface area contributed by atoms with Gasteiger partial charge in [0, 0.05) is 23.7 Å². The summed E-state index contributed by atoms with van der Waals surface area (Å²) in [4.78, 5) is 63.1. The lowest BCUT2D eigenvalue weighted by atomic mass is 9.59. The largest absolute Gasteiger partial charge is 0.458 e. The molecule has 0 spiro atoms. The lowest BCUT2D eigenvalue weighted by Gasteiger charge is -2.49. The average Bonchev–Trinajstić information content (AvgIpc) is 3.59. The van der Waals surface area contributed by atoms with Crippen LogP contribution in [0.4, 0.5) is 0 Å². The van der Waals surface area contributed by atoms with E-state index in [4.69, 9.17) is 18.9 Å². The van der Waals surface area contributed by atoms with Crippen molar-refractivity contribution in [3.63, 3.8) is 0 Å². The fraction of sp³-hybridized carbons (Fsp3) is 0.865. The van der Waals surface area contributed by atoms with Gasteiger partial charge in [-0.05, 0) is 184 Å². The predicted molar refractivity (Wildman–Crippen MR) is 331 cm³/mol. The minimum Gasteiger partial charge on any atom is -0.458 e. The van der Waals surface area contributed by atoms with Crippen molar-refractivity contribution in [3.8, 4) is 0 Å². The van der Waals surface area contributed by atoms with Crippen LogP contribution in [0.2, 0.25) is 0 Å². The summed E-state index contributed by atoms with van der Waals surface area (Å²) < 4.78 is 27.8. The molecular weight excluding hydrogens is 1020 g/mol. The lowest BCUT2D eigenvalue weighted by molar-refractivity contribution is -0.0641. The second-order valence-electron chi connectivity index (χ2n) is 32.4. The Bertz CT molecular complexity index is 1990. The van der Waals surface area contributed by atoms with E-state index in [1.54, 1.807) is 0 Å². The van der Waals surface area contributed by atoms with Crippen molar-refractivity contribution in [2.75, 3.05) is 0 Å². The molecular formula is C74H118O8. The van der Waals surface area contributed by atoms with Crippen LogP contribution in [-0.4, -0.2) is 48.3 Å². The first-order valence-electron chi connectivity index (χ1n) is 35.0. The molecule has 8 aliphatic carbocycles. The maximum atomic E-state index is 15.8. The molecule has 8 nitrogen and oxygen atoms in total. The number of esters is 4. The summed E-state index contributed by atoms with van der Waals surface area (Å²) in [5.41, 5.74) is -0.282. The van der Waals surface area contributed by atoms with Crippen LogP contribution in [0.1, 0.15) is 330 Å². The normalized spacial score (nSPS) is 33.0. The Kier molecular flexibility index (Phi) is 20.9. The number of carbonyl (C=O) groups is 4. The first-order valence-corrected chi connectivity index (χ1v) is 35.0. The summed E-state index contributed by atoms with van der Waals surface area (Å²) in [5, 5.41) is 0. The van der Waals surface area contributed by atoms with Crippen LogP contribution in [0.5, 0.6) is 0 Å². The molecule has 8 aliphatic rings. The molecule has 0 amide bonds. The van der Waals surface area contributed by atoms with Crippen molar-refractivity contribution in [1.29, 1.82) is 0 Å². The molecule has 1 aromatic carbocycles. The fourth-order valence-corrected chi connectivity index (χ4v) is 19.9. The van der Waals surface area contributed by atoms with Gasteiger partial charge in [0.15, 0.2) is 0 Å². The number of carbonyl (C=O) groups excluding carboxylic acids is 4. The van der Waals surface area contributed by atoms with Gasteiger partial charge in [0.2, 0.25) is 0 Å². The molecule has 9 rings (SSSR count). The molecule has 12 atom stereocenters. The van der Waals surface area contributed by atoms with Crippen LogP contribution >= 0.6 is 0 Å². The molecule has 0 aliphatic heterocycles. The van der Waals surface area contributed by atoms with E-state index in [9.17, 15) is 0 Å². The number of benzene rings is 1. The first-order chi connectivity index (χ1) is 39.0. The predicted octanol–water partition coefficient (Wildman–Crippen LogP) is 20.0. The third kappa shape index (κ3) is 14.2. The Labute approximate surface area is 499 Å². The molecule has 0 N–H and O–H groups in total. The first kappa shape index (κ1) is 63.6. The maximum absolute atomic E-state index is 15.8. The average molecular weight is 1140 g/mol. The van der Waals surface area contributed by atoms with Crippen molar-refractivity contribution < 1.29 is 38.1 Å². The van der Waals surface area contributed by atoms with E-state index >= 15 is 19.2 Å². The topological polar surface area (TPSA) is 105 Å². The van der Waals surface area contributed by atoms with Crippen molar-refractivity contribution >= 4 is 23.9 Å². The second kappa shape index (κ2) is 27.0. The smallest absolute Gasteiger partial charge is 0.339 e. The van der Waals surface area contributed by atoms with Gasteiger partial charge in [0.25, 0.3) is 0 Å². The minimum absolute atomic E-state index is 0.00778. The second-order valence-corrected chi connectivity index (χ2v) is 32.4. The van der Waals surface area contributed by atoms with E-state index in [1.165, 1.54) is 141 Å². The van der Waals surface area contributed by atoms with E-state index in [0.29, 0.717) is 47.3 Å². The van der Waals surface area contributed by atoms with Gasteiger partial charge in [-0.25, -0.2) is 19.2 Å². The van der Waals surface area contributed by atoms with Gasteiger partial charge in [0.05, 0.1) is 22.3 Å². The molecule has 0 aromatic heterocycles. The molecule has 0 saturated heterocycles. The Morgan fingerprint density at radius 1 is 0.293 bits per heavy atom. The molecule has 8 heteroatoms. The minimum atomic E-state index is -0.626. The molecule has 0 bridgehead atoms. The lowest BCUT2D eigenvalue weighted by Crippen LogP contribution is -2.46. The Balaban J connectivity index is 1.14. The summed E-state index contributed by atoms with van der Waals surface area (Å²) in [7, 11) is 0. The molecule has 0 heterocycles. The van der Waals surface area contributed by atoms with Crippen LogP contribution in [0.15, 0.2) is 12.1 Å². The van der Waals surface area contributed by atoms with Crippen molar-refractivity contribution in [1.82, 2.24) is 0 Å². The monoisotopic (exact) mass is 1130 g/mol. The van der Waals surface area contributed by atoms with Crippen molar-refractivity contribution in [3.05, 3.63) is 34.4 Å². The SMILES string of the molecule is C[C@@H]1CC[C@@H](C(C)(C)C2CCCCC2)[C@H](OC(=O)c2cc(C(=O)O[C@@H]3C[C@H](C)CC[C@H]3C(C)(C)C3CCCCC3)c(C(=O)O[C@@H]3C[C@H](C)CC[C@H]3C(C)(C)C3CCCCC3)cc2C(=O)O[C@@H]2C[C@H](C)CC[C@H]2C(C)(C)C2CCCCC2)C1. The van der Waals surface area contributed by atoms with E-state index < -0.39 is 23.9 Å². The third-order valence-electron chi connectivity index (χ3n) is 25.7. The standard InChI is InChI=1S/C74H118O8/c1-47-33-37-59(71(5,6)51-25-17-13-18-26-51)63(41-47)79-67(75)55-45-57(69(77)81-65-43-49(3)35-39-61(65)73(9,10)53-29-21-15-22-30-53)58(70(78)82-66-44-50(4)36-40-62(66)74(11,12)54-31-23-16-24-32-54)46-56(55)68(76)80-64-42-48(2)34-38-60(64)72(7,8)52-27-19-14-20-28-52/h45-54,59-66H,13-44H2,1-12H3/t47-,48-,49-,50-,59-,60-,61-,62-,63-,64-,65-,66-/m1/s1. The summed E-state index contributed by atoms with van der Waals surface area (Å²) in [5.74, 6) is 1.64. The zero-order chi connectivity index (χ0) is 58.7. The maximum Gasteiger partial charge on any atom is 0.339 e. The number of hydrogen-bond donors (Lipinski definition) is 0. The number of ether oxygens (including phenoxy) is 4. The van der Waals surface area contributed by atoms with Crippen LogP contribution < -0.4 is 0 Å². The third-order valence-corrected chi connectivity index (χ3v) is 25.7. The van der Waals surface area contributed by atoms with Crippen molar-refractivity contribution in [2.45, 2.75) is 313 Å². The zero-order valence-corrected chi connectivity index (χ0v) is 54.3. The van der Waals surface area contributed by atoms with Gasteiger partial charge in [-0.15, -0.1) is 0 Å². The van der Waals surface area contributed by atoms with Crippen LogP contribution in [0.3, 0.4) is 0 Å². The zero-order valence-electron chi connectivity index (χ0n) is 54.3. The van der Waals surface area contributed by atoms with Gasteiger partial charge in [-0.2, -0.15) is 0 Å². The molecule has 462 valence electrons. The quantitative estimate of drug-likeness (QED) is 0.119. The Morgan fingerprint density at radius 3 is 0.659 bits per heavy atom. The highest BCUT2D eigenvalue weighted by Gasteiger charge is 2.51. The van der Waals surface area contributed by atoms with Gasteiger partial charge in [0.1, 0.15) is 24.4 Å². The Hall–Kier alpha value is -2.90.